The third-order valence-corrected chi connectivity index (χ3v) is 4.02. The van der Waals surface area contributed by atoms with Crippen molar-refractivity contribution in [3.8, 4) is 0 Å². The minimum Gasteiger partial charge on any atom is -0.356 e. The molecular formula is C17H24N2O2. The molecule has 2 rings (SSSR count). The van der Waals surface area contributed by atoms with E-state index in [-0.39, 0.29) is 23.8 Å². The maximum absolute atomic E-state index is 12.5. The normalized spacial score (nSPS) is 22.5. The molecule has 1 aromatic rings. The smallest absolute Gasteiger partial charge is 0.225 e. The summed E-state index contributed by atoms with van der Waals surface area (Å²) in [5, 5.41) is 3.01. The summed E-state index contributed by atoms with van der Waals surface area (Å²) in [6, 6.07) is 9.66. The highest BCUT2D eigenvalue weighted by molar-refractivity contribution is 5.84. The standard InChI is InChI=1S/C17H24N2O2/c1-12(2)11-18-17(21)14-9-10-15(20)19(3)16(14)13-7-5-4-6-8-13/h4-8,12,14,16H,9-11H2,1-3H3,(H,18,21)/t14-,16+/m0/s1. The monoisotopic (exact) mass is 288 g/mol. The lowest BCUT2D eigenvalue weighted by Gasteiger charge is -2.38. The molecule has 1 saturated heterocycles. The number of hydrogen-bond acceptors (Lipinski definition) is 2. The summed E-state index contributed by atoms with van der Waals surface area (Å²) in [6.07, 6.45) is 1.06. The summed E-state index contributed by atoms with van der Waals surface area (Å²) >= 11 is 0. The zero-order valence-corrected chi connectivity index (χ0v) is 13.0. The lowest BCUT2D eigenvalue weighted by atomic mass is 9.84. The van der Waals surface area contributed by atoms with Gasteiger partial charge in [-0.2, -0.15) is 0 Å². The third kappa shape index (κ3) is 3.63. The molecule has 2 amide bonds. The first kappa shape index (κ1) is 15.5. The third-order valence-electron chi connectivity index (χ3n) is 4.02. The second kappa shape index (κ2) is 6.74. The van der Waals surface area contributed by atoms with Crippen LogP contribution in [0.2, 0.25) is 0 Å². The van der Waals surface area contributed by atoms with E-state index in [0.29, 0.717) is 25.3 Å². The Hall–Kier alpha value is -1.84. The van der Waals surface area contributed by atoms with Crippen LogP contribution in [0.5, 0.6) is 0 Å². The fraction of sp³-hybridized carbons (Fsp3) is 0.529. The summed E-state index contributed by atoms with van der Waals surface area (Å²) in [7, 11) is 1.79. The molecule has 0 radical (unpaired) electrons. The number of nitrogens with zero attached hydrogens (tertiary/aromatic N) is 1. The van der Waals surface area contributed by atoms with Crippen LogP contribution in [0.15, 0.2) is 30.3 Å². The predicted molar refractivity (Wildman–Crippen MR) is 82.5 cm³/mol. The van der Waals surface area contributed by atoms with Crippen molar-refractivity contribution in [2.45, 2.75) is 32.7 Å². The second-order valence-electron chi connectivity index (χ2n) is 6.14. The molecule has 1 aliphatic rings. The number of piperidine rings is 1. The summed E-state index contributed by atoms with van der Waals surface area (Å²) in [5.41, 5.74) is 1.03. The molecule has 0 aromatic heterocycles. The molecule has 21 heavy (non-hydrogen) atoms. The molecule has 0 spiro atoms. The predicted octanol–water partition coefficient (Wildman–Crippen LogP) is 2.37. The minimum absolute atomic E-state index is 0.0527. The van der Waals surface area contributed by atoms with E-state index in [9.17, 15) is 9.59 Å². The van der Waals surface area contributed by atoms with Gasteiger partial charge < -0.3 is 10.2 Å². The van der Waals surface area contributed by atoms with Crippen LogP contribution in [-0.2, 0) is 9.59 Å². The molecule has 1 fully saturated rings. The van der Waals surface area contributed by atoms with Crippen LogP contribution in [0, 0.1) is 11.8 Å². The SMILES string of the molecule is CC(C)CNC(=O)[C@H]1CCC(=O)N(C)[C@@H]1c1ccccc1. The first-order valence-corrected chi connectivity index (χ1v) is 7.59. The number of hydrogen-bond donors (Lipinski definition) is 1. The van der Waals surface area contributed by atoms with Gasteiger partial charge in [-0.15, -0.1) is 0 Å². The Morgan fingerprint density at radius 3 is 2.62 bits per heavy atom. The van der Waals surface area contributed by atoms with Gasteiger partial charge in [-0.05, 0) is 17.9 Å². The number of nitrogens with one attached hydrogen (secondary N) is 1. The van der Waals surface area contributed by atoms with E-state index in [1.54, 1.807) is 11.9 Å². The lowest BCUT2D eigenvalue weighted by molar-refractivity contribution is -0.141. The molecule has 1 N–H and O–H groups in total. The van der Waals surface area contributed by atoms with E-state index < -0.39 is 0 Å². The minimum atomic E-state index is -0.172. The highest BCUT2D eigenvalue weighted by atomic mass is 16.2. The van der Waals surface area contributed by atoms with Crippen LogP contribution in [-0.4, -0.2) is 30.3 Å². The Labute approximate surface area is 126 Å². The molecule has 1 heterocycles. The van der Waals surface area contributed by atoms with E-state index in [1.165, 1.54) is 0 Å². The molecule has 4 nitrogen and oxygen atoms in total. The van der Waals surface area contributed by atoms with Crippen molar-refractivity contribution in [1.82, 2.24) is 10.2 Å². The fourth-order valence-corrected chi connectivity index (χ4v) is 2.85. The number of likely N-dealkylation sites (tertiary alicyclic amines) is 1. The van der Waals surface area contributed by atoms with Crippen LogP contribution < -0.4 is 5.32 Å². The Morgan fingerprint density at radius 1 is 1.33 bits per heavy atom. The van der Waals surface area contributed by atoms with Crippen molar-refractivity contribution in [3.05, 3.63) is 35.9 Å². The molecule has 0 unspecified atom stereocenters. The van der Waals surface area contributed by atoms with Crippen molar-refractivity contribution in [2.24, 2.45) is 11.8 Å². The molecule has 2 atom stereocenters. The zero-order valence-electron chi connectivity index (χ0n) is 13.0. The van der Waals surface area contributed by atoms with Crippen LogP contribution >= 0.6 is 0 Å². The van der Waals surface area contributed by atoms with E-state index in [1.807, 2.05) is 30.3 Å². The van der Waals surface area contributed by atoms with Gasteiger partial charge in [0, 0.05) is 20.0 Å². The fourth-order valence-electron chi connectivity index (χ4n) is 2.85. The van der Waals surface area contributed by atoms with Gasteiger partial charge in [-0.25, -0.2) is 0 Å². The largest absolute Gasteiger partial charge is 0.356 e. The Bertz CT molecular complexity index is 499. The summed E-state index contributed by atoms with van der Waals surface area (Å²) < 4.78 is 0. The summed E-state index contributed by atoms with van der Waals surface area (Å²) in [5.74, 6) is 0.412. The molecule has 0 bridgehead atoms. The van der Waals surface area contributed by atoms with Gasteiger partial charge in [-0.3, -0.25) is 9.59 Å². The molecule has 4 heteroatoms. The van der Waals surface area contributed by atoms with Gasteiger partial charge in [0.05, 0.1) is 12.0 Å². The highest BCUT2D eigenvalue weighted by Crippen LogP contribution is 2.35. The average Bonchev–Trinajstić information content (AvgIpc) is 2.48. The van der Waals surface area contributed by atoms with E-state index in [4.69, 9.17) is 0 Å². The van der Waals surface area contributed by atoms with Gasteiger partial charge in [0.1, 0.15) is 0 Å². The average molecular weight is 288 g/mol. The topological polar surface area (TPSA) is 49.4 Å². The van der Waals surface area contributed by atoms with Crippen LogP contribution in [0.3, 0.4) is 0 Å². The van der Waals surface area contributed by atoms with Crippen molar-refractivity contribution in [2.75, 3.05) is 13.6 Å². The van der Waals surface area contributed by atoms with Crippen molar-refractivity contribution in [1.29, 1.82) is 0 Å². The highest BCUT2D eigenvalue weighted by Gasteiger charge is 2.38. The Morgan fingerprint density at radius 2 is 2.00 bits per heavy atom. The molecule has 1 aromatic carbocycles. The molecule has 114 valence electrons. The van der Waals surface area contributed by atoms with Gasteiger partial charge in [0.2, 0.25) is 11.8 Å². The van der Waals surface area contributed by atoms with Gasteiger partial charge in [0.25, 0.3) is 0 Å². The lowest BCUT2D eigenvalue weighted by Crippen LogP contribution is -2.46. The van der Waals surface area contributed by atoms with Crippen LogP contribution in [0.1, 0.15) is 38.3 Å². The van der Waals surface area contributed by atoms with Gasteiger partial charge in [-0.1, -0.05) is 44.2 Å². The van der Waals surface area contributed by atoms with Gasteiger partial charge >= 0.3 is 0 Å². The maximum atomic E-state index is 12.5. The first-order valence-electron chi connectivity index (χ1n) is 7.59. The molecule has 0 saturated carbocycles. The second-order valence-corrected chi connectivity index (χ2v) is 6.14. The molecule has 0 aliphatic carbocycles. The van der Waals surface area contributed by atoms with E-state index in [2.05, 4.69) is 19.2 Å². The van der Waals surface area contributed by atoms with Crippen molar-refractivity contribution in [3.63, 3.8) is 0 Å². The van der Waals surface area contributed by atoms with Gasteiger partial charge in [0.15, 0.2) is 0 Å². The number of amides is 2. The summed E-state index contributed by atoms with van der Waals surface area (Å²) in [4.78, 5) is 26.2. The van der Waals surface area contributed by atoms with Crippen molar-refractivity contribution < 1.29 is 9.59 Å². The number of benzene rings is 1. The first-order chi connectivity index (χ1) is 10.0. The number of carbonyl (C=O) groups is 2. The quantitative estimate of drug-likeness (QED) is 0.924. The van der Waals surface area contributed by atoms with Crippen molar-refractivity contribution >= 4 is 11.8 Å². The van der Waals surface area contributed by atoms with E-state index in [0.717, 1.165) is 5.56 Å². The van der Waals surface area contributed by atoms with Crippen LogP contribution in [0.4, 0.5) is 0 Å². The summed E-state index contributed by atoms with van der Waals surface area (Å²) in [6.45, 7) is 4.82. The molecule has 1 aliphatic heterocycles. The molecular weight excluding hydrogens is 264 g/mol. The Balaban J connectivity index is 2.21. The number of rotatable bonds is 4. The number of carbonyl (C=O) groups excluding carboxylic acids is 2. The van der Waals surface area contributed by atoms with E-state index >= 15 is 0 Å². The maximum Gasteiger partial charge on any atom is 0.225 e. The zero-order chi connectivity index (χ0) is 15.4. The Kier molecular flexibility index (Phi) is 4.99. The van der Waals surface area contributed by atoms with Crippen LogP contribution in [0.25, 0.3) is 0 Å².